The van der Waals surface area contributed by atoms with Crippen molar-refractivity contribution in [1.82, 2.24) is 0 Å². The standard InChI is InChI=1S/C17H17ClF2O/c1-21-17-5-3-2-4-14(17)7-13(11-18)6-12-8-15(19)10-16(20)9-12/h2-5,8-10,13H,6-7,11H2,1H3. The zero-order valence-electron chi connectivity index (χ0n) is 11.8. The fraction of sp³-hybridized carbons (Fsp3) is 0.294. The largest absolute Gasteiger partial charge is 0.496 e. The van der Waals surface area contributed by atoms with Gasteiger partial charge in [0, 0.05) is 11.9 Å². The molecule has 0 heterocycles. The lowest BCUT2D eigenvalue weighted by molar-refractivity contribution is 0.405. The van der Waals surface area contributed by atoms with Gasteiger partial charge in [-0.3, -0.25) is 0 Å². The maximum atomic E-state index is 13.2. The van der Waals surface area contributed by atoms with Crippen LogP contribution < -0.4 is 4.74 Å². The summed E-state index contributed by atoms with van der Waals surface area (Å²) < 4.78 is 31.8. The smallest absolute Gasteiger partial charge is 0.126 e. The van der Waals surface area contributed by atoms with Crippen LogP contribution in [0.15, 0.2) is 42.5 Å². The third-order valence-electron chi connectivity index (χ3n) is 3.37. The highest BCUT2D eigenvalue weighted by molar-refractivity contribution is 6.18. The van der Waals surface area contributed by atoms with E-state index in [2.05, 4.69) is 0 Å². The van der Waals surface area contributed by atoms with Gasteiger partial charge in [-0.1, -0.05) is 18.2 Å². The third kappa shape index (κ3) is 4.43. The van der Waals surface area contributed by atoms with Gasteiger partial charge in [0.15, 0.2) is 0 Å². The molecule has 0 saturated carbocycles. The predicted molar refractivity (Wildman–Crippen MR) is 81.0 cm³/mol. The minimum absolute atomic E-state index is 0.0872. The molecule has 0 amide bonds. The molecule has 1 unspecified atom stereocenters. The van der Waals surface area contributed by atoms with Gasteiger partial charge in [-0.2, -0.15) is 0 Å². The van der Waals surface area contributed by atoms with Gasteiger partial charge in [0.1, 0.15) is 17.4 Å². The maximum absolute atomic E-state index is 13.2. The van der Waals surface area contributed by atoms with E-state index >= 15 is 0 Å². The van der Waals surface area contributed by atoms with E-state index in [1.807, 2.05) is 24.3 Å². The molecule has 0 aliphatic carbocycles. The van der Waals surface area contributed by atoms with Gasteiger partial charge in [0.25, 0.3) is 0 Å². The molecular weight excluding hydrogens is 294 g/mol. The molecule has 21 heavy (non-hydrogen) atoms. The highest BCUT2D eigenvalue weighted by Crippen LogP contribution is 2.24. The molecule has 0 N–H and O–H groups in total. The van der Waals surface area contributed by atoms with Crippen LogP contribution in [0.2, 0.25) is 0 Å². The van der Waals surface area contributed by atoms with Crippen molar-refractivity contribution in [3.63, 3.8) is 0 Å². The van der Waals surface area contributed by atoms with Gasteiger partial charge in [-0.15, -0.1) is 11.6 Å². The lowest BCUT2D eigenvalue weighted by Gasteiger charge is -2.16. The van der Waals surface area contributed by atoms with Crippen LogP contribution in [0.1, 0.15) is 11.1 Å². The van der Waals surface area contributed by atoms with E-state index in [4.69, 9.17) is 16.3 Å². The number of benzene rings is 2. The number of alkyl halides is 1. The van der Waals surface area contributed by atoms with Gasteiger partial charge in [-0.25, -0.2) is 8.78 Å². The number of para-hydroxylation sites is 1. The molecule has 0 aliphatic rings. The molecule has 4 heteroatoms. The Morgan fingerprint density at radius 3 is 2.33 bits per heavy atom. The summed E-state index contributed by atoms with van der Waals surface area (Å²) in [6, 6.07) is 11.3. The average Bonchev–Trinajstić information content (AvgIpc) is 2.46. The van der Waals surface area contributed by atoms with Crippen LogP contribution in [0.5, 0.6) is 5.75 Å². The predicted octanol–water partition coefficient (Wildman–Crippen LogP) is 4.61. The summed E-state index contributed by atoms with van der Waals surface area (Å²) in [5, 5.41) is 0. The molecule has 0 fully saturated rings. The SMILES string of the molecule is COc1ccccc1CC(CCl)Cc1cc(F)cc(F)c1. The van der Waals surface area contributed by atoms with Crippen LogP contribution in [0.3, 0.4) is 0 Å². The summed E-state index contributed by atoms with van der Waals surface area (Å²) in [6.07, 6.45) is 1.22. The Morgan fingerprint density at radius 2 is 1.71 bits per heavy atom. The number of ether oxygens (including phenoxy) is 1. The van der Waals surface area contributed by atoms with Crippen LogP contribution in [-0.2, 0) is 12.8 Å². The van der Waals surface area contributed by atoms with Crippen molar-refractivity contribution in [3.8, 4) is 5.75 Å². The van der Waals surface area contributed by atoms with Gasteiger partial charge >= 0.3 is 0 Å². The molecule has 2 aromatic carbocycles. The Morgan fingerprint density at radius 1 is 1.05 bits per heavy atom. The molecular formula is C17H17ClF2O. The van der Waals surface area contributed by atoms with Crippen LogP contribution in [-0.4, -0.2) is 13.0 Å². The van der Waals surface area contributed by atoms with Crippen molar-refractivity contribution in [2.75, 3.05) is 13.0 Å². The summed E-state index contributed by atoms with van der Waals surface area (Å²) in [5.74, 6) is 0.185. The molecule has 2 aromatic rings. The van der Waals surface area contributed by atoms with Gasteiger partial charge < -0.3 is 4.74 Å². The third-order valence-corrected chi connectivity index (χ3v) is 3.80. The molecule has 1 nitrogen and oxygen atoms in total. The fourth-order valence-corrected chi connectivity index (χ4v) is 2.64. The number of halogens is 3. The topological polar surface area (TPSA) is 9.23 Å². The van der Waals surface area contributed by atoms with E-state index in [9.17, 15) is 8.78 Å². The monoisotopic (exact) mass is 310 g/mol. The quantitative estimate of drug-likeness (QED) is 0.708. The molecule has 0 aromatic heterocycles. The first-order valence-corrected chi connectivity index (χ1v) is 7.28. The highest BCUT2D eigenvalue weighted by Gasteiger charge is 2.13. The minimum Gasteiger partial charge on any atom is -0.496 e. The van der Waals surface area contributed by atoms with E-state index in [1.165, 1.54) is 12.1 Å². The summed E-state index contributed by atoms with van der Waals surface area (Å²) in [4.78, 5) is 0. The molecule has 0 spiro atoms. The maximum Gasteiger partial charge on any atom is 0.126 e. The second kappa shape index (κ2) is 7.41. The zero-order chi connectivity index (χ0) is 15.2. The lowest BCUT2D eigenvalue weighted by Crippen LogP contribution is -2.11. The second-order valence-electron chi connectivity index (χ2n) is 5.02. The average molecular weight is 311 g/mol. The van der Waals surface area contributed by atoms with Crippen molar-refractivity contribution in [2.45, 2.75) is 12.8 Å². The Balaban J connectivity index is 2.13. The van der Waals surface area contributed by atoms with Crippen molar-refractivity contribution in [2.24, 2.45) is 5.92 Å². The van der Waals surface area contributed by atoms with Crippen LogP contribution in [0.4, 0.5) is 8.78 Å². The Hall–Kier alpha value is -1.61. The molecule has 0 bridgehead atoms. The molecule has 2 rings (SSSR count). The number of hydrogen-bond acceptors (Lipinski definition) is 1. The Bertz CT molecular complexity index is 581. The molecule has 0 radical (unpaired) electrons. The van der Waals surface area contributed by atoms with Crippen LogP contribution in [0.25, 0.3) is 0 Å². The highest BCUT2D eigenvalue weighted by atomic mass is 35.5. The summed E-state index contributed by atoms with van der Waals surface area (Å²) in [5.41, 5.74) is 1.66. The van der Waals surface area contributed by atoms with Gasteiger partial charge in [0.2, 0.25) is 0 Å². The zero-order valence-corrected chi connectivity index (χ0v) is 12.5. The van der Waals surface area contributed by atoms with E-state index in [0.29, 0.717) is 24.3 Å². The van der Waals surface area contributed by atoms with Crippen molar-refractivity contribution in [1.29, 1.82) is 0 Å². The van der Waals surface area contributed by atoms with E-state index < -0.39 is 11.6 Å². The Kier molecular flexibility index (Phi) is 5.57. The molecule has 0 saturated heterocycles. The van der Waals surface area contributed by atoms with Crippen LogP contribution >= 0.6 is 11.6 Å². The Labute approximate surface area is 128 Å². The normalized spacial score (nSPS) is 12.2. The number of methoxy groups -OCH3 is 1. The first-order valence-electron chi connectivity index (χ1n) is 6.75. The second-order valence-corrected chi connectivity index (χ2v) is 5.33. The van der Waals surface area contributed by atoms with Crippen LogP contribution in [0, 0.1) is 17.6 Å². The van der Waals surface area contributed by atoms with E-state index in [0.717, 1.165) is 17.4 Å². The summed E-state index contributed by atoms with van der Waals surface area (Å²) >= 11 is 6.01. The molecule has 1 atom stereocenters. The van der Waals surface area contributed by atoms with Crippen molar-refractivity contribution in [3.05, 3.63) is 65.2 Å². The molecule has 0 aliphatic heterocycles. The summed E-state index contributed by atoms with van der Waals surface area (Å²) in [6.45, 7) is 0. The first-order chi connectivity index (χ1) is 10.1. The lowest BCUT2D eigenvalue weighted by atomic mass is 9.93. The van der Waals surface area contributed by atoms with E-state index in [1.54, 1.807) is 7.11 Å². The summed E-state index contributed by atoms with van der Waals surface area (Å²) in [7, 11) is 1.62. The first kappa shape index (κ1) is 15.8. The van der Waals surface area contributed by atoms with Crippen molar-refractivity contribution < 1.29 is 13.5 Å². The molecule has 112 valence electrons. The van der Waals surface area contributed by atoms with Crippen molar-refractivity contribution >= 4 is 11.6 Å². The van der Waals surface area contributed by atoms with E-state index in [-0.39, 0.29) is 5.92 Å². The number of hydrogen-bond donors (Lipinski definition) is 0. The van der Waals surface area contributed by atoms with Gasteiger partial charge in [-0.05, 0) is 48.1 Å². The van der Waals surface area contributed by atoms with Gasteiger partial charge in [0.05, 0.1) is 7.11 Å². The number of rotatable bonds is 6. The minimum atomic E-state index is -0.560. The fourth-order valence-electron chi connectivity index (χ4n) is 2.43.